The minimum absolute atomic E-state index is 0.00436. The van der Waals surface area contributed by atoms with Crippen molar-refractivity contribution in [2.75, 3.05) is 40.4 Å². The molecule has 1 spiro atoms. The van der Waals surface area contributed by atoms with E-state index < -0.39 is 0 Å². The van der Waals surface area contributed by atoms with Crippen molar-refractivity contribution in [3.05, 3.63) is 35.5 Å². The number of hydrogen-bond acceptors (Lipinski definition) is 7. The fourth-order valence-electron chi connectivity index (χ4n) is 4.33. The lowest BCUT2D eigenvalue weighted by Gasteiger charge is -2.50. The first kappa shape index (κ1) is 19.2. The van der Waals surface area contributed by atoms with Gasteiger partial charge in [0.15, 0.2) is 5.82 Å². The highest BCUT2D eigenvalue weighted by Gasteiger charge is 2.58. The number of nitrogens with zero attached hydrogens (tertiary/aromatic N) is 4. The molecule has 2 aromatic rings. The van der Waals surface area contributed by atoms with E-state index in [0.29, 0.717) is 55.0 Å². The number of carbonyl (C=O) groups is 2. The summed E-state index contributed by atoms with van der Waals surface area (Å²) < 4.78 is 16.0. The molecular formula is C20H24N4O5. The molecule has 0 saturated carbocycles. The molecule has 1 aromatic heterocycles. The van der Waals surface area contributed by atoms with Crippen molar-refractivity contribution >= 4 is 11.8 Å². The molecule has 4 rings (SSSR count). The third kappa shape index (κ3) is 3.20. The third-order valence-corrected chi connectivity index (χ3v) is 5.87. The average Bonchev–Trinajstić information content (AvgIpc) is 3.29. The predicted molar refractivity (Wildman–Crippen MR) is 102 cm³/mol. The van der Waals surface area contributed by atoms with E-state index >= 15 is 0 Å². The van der Waals surface area contributed by atoms with Gasteiger partial charge in [0.1, 0.15) is 11.5 Å². The number of methoxy groups -OCH3 is 2. The van der Waals surface area contributed by atoms with Crippen LogP contribution in [-0.4, -0.2) is 72.2 Å². The Labute approximate surface area is 168 Å². The number of aromatic nitrogens is 2. The van der Waals surface area contributed by atoms with Crippen LogP contribution < -0.4 is 9.47 Å². The lowest BCUT2D eigenvalue weighted by atomic mass is 9.71. The number of ether oxygens (including phenoxy) is 2. The topological polar surface area (TPSA) is 98.0 Å². The zero-order chi connectivity index (χ0) is 20.8. The van der Waals surface area contributed by atoms with E-state index in [1.54, 1.807) is 49.0 Å². The molecular weight excluding hydrogens is 376 g/mol. The summed E-state index contributed by atoms with van der Waals surface area (Å²) in [6.07, 6.45) is 0. The SMILES string of the molecule is COc1ccc(C(=O)N2CC3(CN(C(C)=O)CC3c3nc(C)no3)C2)c(OC)c1. The fourth-order valence-corrected chi connectivity index (χ4v) is 4.33. The second kappa shape index (κ2) is 7.06. The Kier molecular flexibility index (Phi) is 4.68. The summed E-state index contributed by atoms with van der Waals surface area (Å²) in [5.41, 5.74) is 0.203. The van der Waals surface area contributed by atoms with Gasteiger partial charge in [0.2, 0.25) is 11.8 Å². The van der Waals surface area contributed by atoms with Gasteiger partial charge in [0.05, 0.1) is 25.7 Å². The van der Waals surface area contributed by atoms with Gasteiger partial charge in [-0.1, -0.05) is 5.16 Å². The van der Waals surface area contributed by atoms with Crippen molar-refractivity contribution < 1.29 is 23.6 Å². The van der Waals surface area contributed by atoms with Crippen molar-refractivity contribution in [1.29, 1.82) is 0 Å². The van der Waals surface area contributed by atoms with Crippen molar-refractivity contribution in [2.24, 2.45) is 5.41 Å². The zero-order valence-corrected chi connectivity index (χ0v) is 17.0. The molecule has 154 valence electrons. The van der Waals surface area contributed by atoms with E-state index in [0.717, 1.165) is 0 Å². The Morgan fingerprint density at radius 1 is 1.17 bits per heavy atom. The van der Waals surface area contributed by atoms with Gasteiger partial charge in [0, 0.05) is 44.6 Å². The quantitative estimate of drug-likeness (QED) is 0.767. The van der Waals surface area contributed by atoms with E-state index in [4.69, 9.17) is 14.0 Å². The van der Waals surface area contributed by atoms with Crippen LogP contribution in [0.1, 0.15) is 34.9 Å². The number of hydrogen-bond donors (Lipinski definition) is 0. The van der Waals surface area contributed by atoms with E-state index in [2.05, 4.69) is 10.1 Å². The standard InChI is InChI=1S/C20H24N4O5/c1-12-21-18(29-22-12)16-8-23(13(2)25)9-20(16)10-24(11-20)19(26)15-6-5-14(27-3)7-17(15)28-4/h5-7,16H,8-11H2,1-4H3. The van der Waals surface area contributed by atoms with Gasteiger partial charge in [-0.3, -0.25) is 9.59 Å². The number of aryl methyl sites for hydroxylation is 1. The summed E-state index contributed by atoms with van der Waals surface area (Å²) in [5.74, 6) is 1.98. The Morgan fingerprint density at radius 3 is 2.48 bits per heavy atom. The molecule has 1 aromatic carbocycles. The molecule has 2 amide bonds. The predicted octanol–water partition coefficient (Wildman–Crippen LogP) is 1.48. The summed E-state index contributed by atoms with van der Waals surface area (Å²) in [6.45, 7) is 5.43. The molecule has 2 saturated heterocycles. The average molecular weight is 400 g/mol. The number of benzene rings is 1. The lowest BCUT2D eigenvalue weighted by Crippen LogP contribution is -2.61. The summed E-state index contributed by atoms with van der Waals surface area (Å²) in [7, 11) is 3.09. The van der Waals surface area contributed by atoms with Crippen molar-refractivity contribution in [3.8, 4) is 11.5 Å². The van der Waals surface area contributed by atoms with Crippen molar-refractivity contribution in [3.63, 3.8) is 0 Å². The van der Waals surface area contributed by atoms with Crippen LogP contribution in [-0.2, 0) is 4.79 Å². The highest BCUT2D eigenvalue weighted by molar-refractivity contribution is 5.97. The Morgan fingerprint density at radius 2 is 1.90 bits per heavy atom. The number of rotatable bonds is 4. The van der Waals surface area contributed by atoms with Crippen LogP contribution >= 0.6 is 0 Å². The van der Waals surface area contributed by atoms with Gasteiger partial charge in [-0.05, 0) is 19.1 Å². The van der Waals surface area contributed by atoms with Gasteiger partial charge >= 0.3 is 0 Å². The zero-order valence-electron chi connectivity index (χ0n) is 17.0. The second-order valence-electron chi connectivity index (χ2n) is 7.72. The summed E-state index contributed by atoms with van der Waals surface area (Å²) in [4.78, 5) is 33.0. The molecule has 1 unspecified atom stereocenters. The molecule has 0 bridgehead atoms. The van der Waals surface area contributed by atoms with Crippen LogP contribution in [0.2, 0.25) is 0 Å². The first-order chi connectivity index (χ1) is 13.9. The molecule has 9 nitrogen and oxygen atoms in total. The van der Waals surface area contributed by atoms with E-state index in [1.807, 2.05) is 0 Å². The maximum atomic E-state index is 13.1. The largest absolute Gasteiger partial charge is 0.497 e. The van der Waals surface area contributed by atoms with E-state index in [9.17, 15) is 9.59 Å². The highest BCUT2D eigenvalue weighted by Crippen LogP contribution is 2.49. The van der Waals surface area contributed by atoms with Crippen LogP contribution in [0.4, 0.5) is 0 Å². The molecule has 0 N–H and O–H groups in total. The maximum Gasteiger partial charge on any atom is 0.257 e. The van der Waals surface area contributed by atoms with Crippen LogP contribution in [0, 0.1) is 12.3 Å². The molecule has 0 radical (unpaired) electrons. The smallest absolute Gasteiger partial charge is 0.257 e. The highest BCUT2D eigenvalue weighted by atomic mass is 16.5. The van der Waals surface area contributed by atoms with E-state index in [1.165, 1.54) is 7.11 Å². The minimum atomic E-state index is -0.278. The normalized spacial score (nSPS) is 19.9. The lowest BCUT2D eigenvalue weighted by molar-refractivity contribution is -0.128. The number of carbonyl (C=O) groups excluding carboxylic acids is 2. The molecule has 2 fully saturated rings. The van der Waals surface area contributed by atoms with Gasteiger partial charge in [-0.2, -0.15) is 4.98 Å². The third-order valence-electron chi connectivity index (χ3n) is 5.87. The van der Waals surface area contributed by atoms with Gasteiger partial charge in [-0.15, -0.1) is 0 Å². The van der Waals surface area contributed by atoms with Gasteiger partial charge in [0.25, 0.3) is 5.91 Å². The molecule has 3 heterocycles. The number of likely N-dealkylation sites (tertiary alicyclic amines) is 2. The molecule has 1 atom stereocenters. The van der Waals surface area contributed by atoms with E-state index in [-0.39, 0.29) is 23.1 Å². The Hall–Kier alpha value is -3.10. The van der Waals surface area contributed by atoms with Crippen LogP contribution in [0.25, 0.3) is 0 Å². The number of amides is 2. The van der Waals surface area contributed by atoms with Crippen molar-refractivity contribution in [1.82, 2.24) is 19.9 Å². The fraction of sp³-hybridized carbons (Fsp3) is 0.500. The Bertz CT molecular complexity index is 950. The van der Waals surface area contributed by atoms with Gasteiger partial charge in [-0.25, -0.2) is 0 Å². The second-order valence-corrected chi connectivity index (χ2v) is 7.72. The minimum Gasteiger partial charge on any atom is -0.497 e. The molecule has 2 aliphatic heterocycles. The maximum absolute atomic E-state index is 13.1. The summed E-state index contributed by atoms with van der Waals surface area (Å²) in [5, 5.41) is 3.90. The molecule has 29 heavy (non-hydrogen) atoms. The summed E-state index contributed by atoms with van der Waals surface area (Å²) >= 11 is 0. The molecule has 2 aliphatic rings. The van der Waals surface area contributed by atoms with Crippen molar-refractivity contribution in [2.45, 2.75) is 19.8 Å². The van der Waals surface area contributed by atoms with Crippen LogP contribution in [0.15, 0.2) is 22.7 Å². The van der Waals surface area contributed by atoms with Crippen LogP contribution in [0.5, 0.6) is 11.5 Å². The van der Waals surface area contributed by atoms with Crippen LogP contribution in [0.3, 0.4) is 0 Å². The first-order valence-corrected chi connectivity index (χ1v) is 9.44. The molecule has 0 aliphatic carbocycles. The van der Waals surface area contributed by atoms with Gasteiger partial charge < -0.3 is 23.8 Å². The molecule has 9 heteroatoms. The first-order valence-electron chi connectivity index (χ1n) is 9.44. The monoisotopic (exact) mass is 400 g/mol. The Balaban J connectivity index is 1.56. The summed E-state index contributed by atoms with van der Waals surface area (Å²) in [6, 6.07) is 5.14.